The molecule has 1 aromatic carbocycles. The van der Waals surface area contributed by atoms with Gasteiger partial charge in [0.05, 0.1) is 19.5 Å². The highest BCUT2D eigenvalue weighted by atomic mass is 16.5. The number of hydrogen-bond donors (Lipinski definition) is 3. The minimum atomic E-state index is -0.298. The van der Waals surface area contributed by atoms with Gasteiger partial charge < -0.3 is 10.1 Å². The van der Waals surface area contributed by atoms with Crippen LogP contribution in [0.2, 0.25) is 0 Å². The molecule has 1 amide bonds. The summed E-state index contributed by atoms with van der Waals surface area (Å²) in [5, 5.41) is 3.16. The maximum atomic E-state index is 11.8. The average molecular weight is 315 g/mol. The Morgan fingerprint density at radius 1 is 1.17 bits per heavy atom. The van der Waals surface area contributed by atoms with Gasteiger partial charge in [-0.25, -0.2) is 15.4 Å². The number of nitrogens with one attached hydrogen (secondary N) is 3. The second-order valence-electron chi connectivity index (χ2n) is 4.87. The van der Waals surface area contributed by atoms with E-state index >= 15 is 0 Å². The second kappa shape index (κ2) is 8.70. The van der Waals surface area contributed by atoms with Gasteiger partial charge in [-0.15, -0.1) is 0 Å². The van der Waals surface area contributed by atoms with Crippen LogP contribution in [-0.2, 0) is 6.54 Å². The largest absolute Gasteiger partial charge is 0.497 e. The van der Waals surface area contributed by atoms with E-state index in [4.69, 9.17) is 4.74 Å². The number of carbonyl (C=O) groups is 1. The smallest absolute Gasteiger partial charge is 0.285 e. The topological polar surface area (TPSA) is 88.2 Å². The SMILES string of the molecule is CCCNNC(=O)c1cnc(NCc2ccc(OC)cc2)cn1. The fourth-order valence-electron chi connectivity index (χ4n) is 1.80. The van der Waals surface area contributed by atoms with E-state index in [9.17, 15) is 4.79 Å². The molecule has 0 aliphatic carbocycles. The maximum Gasteiger partial charge on any atom is 0.285 e. The zero-order valence-electron chi connectivity index (χ0n) is 13.3. The predicted octanol–water partition coefficient (Wildman–Crippen LogP) is 1.74. The molecule has 0 aliphatic rings. The summed E-state index contributed by atoms with van der Waals surface area (Å²) in [6.45, 7) is 3.34. The normalized spacial score (nSPS) is 10.2. The molecule has 0 fully saturated rings. The van der Waals surface area contributed by atoms with Gasteiger partial charge in [-0.2, -0.15) is 0 Å². The number of carbonyl (C=O) groups excluding carboxylic acids is 1. The molecule has 3 N–H and O–H groups in total. The van der Waals surface area contributed by atoms with E-state index in [0.717, 1.165) is 17.7 Å². The van der Waals surface area contributed by atoms with Gasteiger partial charge in [0.1, 0.15) is 17.3 Å². The summed E-state index contributed by atoms with van der Waals surface area (Å²) in [6, 6.07) is 7.75. The van der Waals surface area contributed by atoms with Crippen molar-refractivity contribution in [3.05, 3.63) is 47.9 Å². The fourth-order valence-corrected chi connectivity index (χ4v) is 1.80. The highest BCUT2D eigenvalue weighted by molar-refractivity contribution is 5.91. The molecule has 0 radical (unpaired) electrons. The molecule has 23 heavy (non-hydrogen) atoms. The summed E-state index contributed by atoms with van der Waals surface area (Å²) >= 11 is 0. The molecule has 1 aromatic heterocycles. The van der Waals surface area contributed by atoms with Gasteiger partial charge in [0.15, 0.2) is 0 Å². The Bertz CT molecular complexity index is 613. The first kappa shape index (κ1) is 16.7. The molecule has 0 unspecified atom stereocenters. The van der Waals surface area contributed by atoms with Gasteiger partial charge in [-0.1, -0.05) is 19.1 Å². The van der Waals surface area contributed by atoms with Gasteiger partial charge in [-0.05, 0) is 24.1 Å². The molecule has 0 spiro atoms. The van der Waals surface area contributed by atoms with Crippen LogP contribution >= 0.6 is 0 Å². The van der Waals surface area contributed by atoms with Gasteiger partial charge in [0, 0.05) is 13.1 Å². The number of methoxy groups -OCH3 is 1. The molecule has 0 atom stereocenters. The van der Waals surface area contributed by atoms with E-state index in [1.807, 2.05) is 31.2 Å². The molecular weight excluding hydrogens is 294 g/mol. The Kier molecular flexibility index (Phi) is 6.31. The number of aromatic nitrogens is 2. The van der Waals surface area contributed by atoms with Gasteiger partial charge >= 0.3 is 0 Å². The van der Waals surface area contributed by atoms with Crippen LogP contribution in [0.5, 0.6) is 5.75 Å². The van der Waals surface area contributed by atoms with Crippen molar-refractivity contribution in [1.29, 1.82) is 0 Å². The maximum absolute atomic E-state index is 11.8. The molecule has 0 saturated carbocycles. The first-order valence-electron chi connectivity index (χ1n) is 7.45. The van der Waals surface area contributed by atoms with E-state index in [-0.39, 0.29) is 11.6 Å². The Labute approximate surface area is 135 Å². The van der Waals surface area contributed by atoms with Gasteiger partial charge in [-0.3, -0.25) is 10.2 Å². The van der Waals surface area contributed by atoms with E-state index in [2.05, 4.69) is 26.1 Å². The fraction of sp³-hybridized carbons (Fsp3) is 0.312. The lowest BCUT2D eigenvalue weighted by Crippen LogP contribution is -2.38. The lowest BCUT2D eigenvalue weighted by molar-refractivity contribution is 0.0928. The Morgan fingerprint density at radius 3 is 2.57 bits per heavy atom. The molecule has 0 saturated heterocycles. The summed E-state index contributed by atoms with van der Waals surface area (Å²) in [5.74, 6) is 1.13. The molecule has 7 heteroatoms. The van der Waals surface area contributed by atoms with Crippen molar-refractivity contribution in [3.63, 3.8) is 0 Å². The van der Waals surface area contributed by atoms with Crippen molar-refractivity contribution in [3.8, 4) is 5.75 Å². The number of rotatable bonds is 8. The molecule has 0 aliphatic heterocycles. The summed E-state index contributed by atoms with van der Waals surface area (Å²) < 4.78 is 5.12. The molecule has 2 aromatic rings. The molecule has 122 valence electrons. The predicted molar refractivity (Wildman–Crippen MR) is 88.1 cm³/mol. The molecule has 2 rings (SSSR count). The molecule has 7 nitrogen and oxygen atoms in total. The highest BCUT2D eigenvalue weighted by Crippen LogP contribution is 2.12. The summed E-state index contributed by atoms with van der Waals surface area (Å²) in [7, 11) is 1.64. The number of hydrogen-bond acceptors (Lipinski definition) is 6. The third kappa shape index (κ3) is 5.23. The van der Waals surface area contributed by atoms with Crippen LogP contribution in [0.25, 0.3) is 0 Å². The number of ether oxygens (including phenoxy) is 1. The standard InChI is InChI=1S/C16H21N5O2/c1-3-8-20-21-16(22)14-10-19-15(11-17-14)18-9-12-4-6-13(23-2)7-5-12/h4-7,10-11,20H,3,8-9H2,1-2H3,(H,18,19)(H,21,22). The van der Waals surface area contributed by atoms with Crippen LogP contribution in [0.3, 0.4) is 0 Å². The van der Waals surface area contributed by atoms with E-state index in [0.29, 0.717) is 18.9 Å². The van der Waals surface area contributed by atoms with E-state index in [1.54, 1.807) is 7.11 Å². The summed E-state index contributed by atoms with van der Waals surface area (Å²) in [6.07, 6.45) is 3.91. The van der Waals surface area contributed by atoms with Crippen molar-refractivity contribution in [2.45, 2.75) is 19.9 Å². The first-order chi connectivity index (χ1) is 11.2. The van der Waals surface area contributed by atoms with Crippen molar-refractivity contribution in [1.82, 2.24) is 20.8 Å². The zero-order valence-corrected chi connectivity index (χ0v) is 13.3. The Morgan fingerprint density at radius 2 is 1.96 bits per heavy atom. The lowest BCUT2D eigenvalue weighted by Gasteiger charge is -2.08. The van der Waals surface area contributed by atoms with E-state index in [1.165, 1.54) is 12.4 Å². The summed E-state index contributed by atoms with van der Waals surface area (Å²) in [4.78, 5) is 20.1. The van der Waals surface area contributed by atoms with Crippen LogP contribution < -0.4 is 20.9 Å². The van der Waals surface area contributed by atoms with E-state index < -0.39 is 0 Å². The second-order valence-corrected chi connectivity index (χ2v) is 4.87. The molecule has 0 bridgehead atoms. The average Bonchev–Trinajstić information content (AvgIpc) is 2.61. The third-order valence-electron chi connectivity index (χ3n) is 3.09. The van der Waals surface area contributed by atoms with Crippen LogP contribution in [0.1, 0.15) is 29.4 Å². The lowest BCUT2D eigenvalue weighted by atomic mass is 10.2. The van der Waals surface area contributed by atoms with Crippen LogP contribution in [0, 0.1) is 0 Å². The minimum Gasteiger partial charge on any atom is -0.497 e. The summed E-state index contributed by atoms with van der Waals surface area (Å²) in [5.41, 5.74) is 6.74. The quantitative estimate of drug-likeness (QED) is 0.508. The number of anilines is 1. The van der Waals surface area contributed by atoms with Crippen molar-refractivity contribution < 1.29 is 9.53 Å². The monoisotopic (exact) mass is 315 g/mol. The zero-order chi connectivity index (χ0) is 16.5. The number of amides is 1. The number of hydrazine groups is 1. The van der Waals surface area contributed by atoms with Crippen molar-refractivity contribution >= 4 is 11.7 Å². The third-order valence-corrected chi connectivity index (χ3v) is 3.09. The van der Waals surface area contributed by atoms with Crippen molar-refractivity contribution in [2.24, 2.45) is 0 Å². The first-order valence-corrected chi connectivity index (χ1v) is 7.45. The Hall–Kier alpha value is -2.67. The van der Waals surface area contributed by atoms with Crippen LogP contribution in [-0.4, -0.2) is 29.5 Å². The number of nitrogens with zero attached hydrogens (tertiary/aromatic N) is 2. The van der Waals surface area contributed by atoms with Crippen molar-refractivity contribution in [2.75, 3.05) is 19.0 Å². The Balaban J connectivity index is 1.85. The number of benzene rings is 1. The molecular formula is C16H21N5O2. The van der Waals surface area contributed by atoms with Gasteiger partial charge in [0.25, 0.3) is 5.91 Å². The van der Waals surface area contributed by atoms with Crippen LogP contribution in [0.15, 0.2) is 36.7 Å². The van der Waals surface area contributed by atoms with Gasteiger partial charge in [0.2, 0.25) is 0 Å². The minimum absolute atomic E-state index is 0.267. The highest BCUT2D eigenvalue weighted by Gasteiger charge is 2.07. The van der Waals surface area contributed by atoms with Crippen LogP contribution in [0.4, 0.5) is 5.82 Å². The molecule has 1 heterocycles.